The maximum atomic E-state index is 7.12. The van der Waals surface area contributed by atoms with Gasteiger partial charge in [0, 0.05) is 0 Å². The van der Waals surface area contributed by atoms with Crippen LogP contribution in [-0.2, 0) is 0 Å². The van der Waals surface area contributed by atoms with Gasteiger partial charge < -0.3 is 0 Å². The fourth-order valence-electron chi connectivity index (χ4n) is 0.889. The van der Waals surface area contributed by atoms with Crippen LogP contribution in [-0.4, -0.2) is 20.6 Å². The molecule has 2 heteroatoms. The Morgan fingerprint density at radius 2 is 1.80 bits per heavy atom. The van der Waals surface area contributed by atoms with Gasteiger partial charge >= 0.3 is 71.5 Å². The van der Waals surface area contributed by atoms with Crippen LogP contribution in [0.1, 0.15) is 45.4 Å². The summed E-state index contributed by atoms with van der Waals surface area (Å²) >= 11 is 2.71. The molecule has 0 saturated carbocycles. The Kier molecular flexibility index (Phi) is 7.44. The summed E-state index contributed by atoms with van der Waals surface area (Å²) in [4.78, 5) is 0. The van der Waals surface area contributed by atoms with Crippen LogP contribution in [0.15, 0.2) is 0 Å². The molecule has 0 fully saturated rings. The monoisotopic (exact) mass is 206 g/mol. The van der Waals surface area contributed by atoms with Crippen molar-refractivity contribution in [3.05, 3.63) is 0 Å². The zero-order chi connectivity index (χ0) is 7.82. The van der Waals surface area contributed by atoms with Crippen molar-refractivity contribution in [2.75, 3.05) is 0 Å². The fraction of sp³-hybridized carbons (Fsp3) is 0.875. The van der Waals surface area contributed by atoms with E-state index in [1.54, 1.807) is 0 Å². The molecular formula is C8H16NSe. The summed E-state index contributed by atoms with van der Waals surface area (Å²) in [6.07, 6.45) is 7.41. The van der Waals surface area contributed by atoms with Gasteiger partial charge in [0.15, 0.2) is 0 Å². The molecule has 0 saturated heterocycles. The van der Waals surface area contributed by atoms with E-state index in [0.29, 0.717) is 4.61 Å². The summed E-state index contributed by atoms with van der Waals surface area (Å²) in [6.45, 7) is 2.22. The Labute approximate surface area is 71.9 Å². The van der Waals surface area contributed by atoms with Crippen molar-refractivity contribution in [3.63, 3.8) is 0 Å². The zero-order valence-corrected chi connectivity index (χ0v) is 8.36. The average molecular weight is 205 g/mol. The zero-order valence-electron chi connectivity index (χ0n) is 6.65. The molecule has 0 spiro atoms. The van der Waals surface area contributed by atoms with Gasteiger partial charge in [-0.05, 0) is 0 Å². The van der Waals surface area contributed by atoms with E-state index in [4.69, 9.17) is 5.41 Å². The number of nitrogens with one attached hydrogen (secondary N) is 1. The second kappa shape index (κ2) is 7.30. The number of hydrogen-bond acceptors (Lipinski definition) is 1. The van der Waals surface area contributed by atoms with Crippen LogP contribution in [0.25, 0.3) is 0 Å². The van der Waals surface area contributed by atoms with Crippen molar-refractivity contribution in [2.45, 2.75) is 45.4 Å². The van der Waals surface area contributed by atoms with Gasteiger partial charge in [-0.3, -0.25) is 0 Å². The Hall–Kier alpha value is 0.189. The second-order valence-corrected chi connectivity index (χ2v) is 3.62. The van der Waals surface area contributed by atoms with Gasteiger partial charge in [-0.15, -0.1) is 0 Å². The first kappa shape index (κ1) is 10.2. The Balaban J connectivity index is 2.84. The van der Waals surface area contributed by atoms with Crippen LogP contribution in [0.5, 0.6) is 0 Å². The van der Waals surface area contributed by atoms with Gasteiger partial charge in [0.1, 0.15) is 0 Å². The van der Waals surface area contributed by atoms with Crippen LogP contribution in [0.4, 0.5) is 0 Å². The van der Waals surface area contributed by atoms with E-state index in [2.05, 4.69) is 22.9 Å². The quantitative estimate of drug-likeness (QED) is 0.391. The van der Waals surface area contributed by atoms with Crippen LogP contribution in [0.2, 0.25) is 0 Å². The standard InChI is InChI=1S/C8H16NSe/c1-2-3-4-5-6-7-8(9)10/h9H,2-7H2,1H3. The molecule has 0 aromatic heterocycles. The molecule has 0 unspecified atom stereocenters. The molecule has 1 N–H and O–H groups in total. The van der Waals surface area contributed by atoms with Gasteiger partial charge in [0.2, 0.25) is 0 Å². The molecule has 0 heterocycles. The van der Waals surface area contributed by atoms with Gasteiger partial charge in [-0.1, -0.05) is 0 Å². The van der Waals surface area contributed by atoms with Gasteiger partial charge in [0.05, 0.1) is 0 Å². The van der Waals surface area contributed by atoms with E-state index >= 15 is 0 Å². The van der Waals surface area contributed by atoms with Crippen molar-refractivity contribution in [1.29, 1.82) is 5.41 Å². The number of unbranched alkanes of at least 4 members (excludes halogenated alkanes) is 4. The van der Waals surface area contributed by atoms with E-state index < -0.39 is 0 Å². The van der Waals surface area contributed by atoms with E-state index in [0.717, 1.165) is 6.42 Å². The average Bonchev–Trinajstić information content (AvgIpc) is 1.87. The molecule has 59 valence electrons. The van der Waals surface area contributed by atoms with Gasteiger partial charge in [-0.2, -0.15) is 0 Å². The summed E-state index contributed by atoms with van der Waals surface area (Å²) in [7, 11) is 0. The van der Waals surface area contributed by atoms with E-state index in [-0.39, 0.29) is 0 Å². The number of hydrogen-bond donors (Lipinski definition) is 1. The summed E-state index contributed by atoms with van der Waals surface area (Å²) in [6, 6.07) is 0. The van der Waals surface area contributed by atoms with E-state index in [1.807, 2.05) is 0 Å². The van der Waals surface area contributed by atoms with Crippen molar-refractivity contribution in [1.82, 2.24) is 0 Å². The SMILES string of the molecule is CCCCCCCC(=N)[Se]. The van der Waals surface area contributed by atoms with Crippen LogP contribution in [0, 0.1) is 5.41 Å². The summed E-state index contributed by atoms with van der Waals surface area (Å²) < 4.78 is 0.705. The molecule has 0 amide bonds. The molecule has 0 aromatic rings. The molecule has 0 bridgehead atoms. The Morgan fingerprint density at radius 1 is 1.20 bits per heavy atom. The fourth-order valence-corrected chi connectivity index (χ4v) is 1.19. The molecule has 1 nitrogen and oxygen atoms in total. The van der Waals surface area contributed by atoms with Crippen molar-refractivity contribution >= 4 is 20.6 Å². The predicted octanol–water partition coefficient (Wildman–Crippen LogP) is 2.49. The third-order valence-electron chi connectivity index (χ3n) is 1.51. The summed E-state index contributed by atoms with van der Waals surface area (Å²) in [5.41, 5.74) is 0. The topological polar surface area (TPSA) is 23.9 Å². The molecular weight excluding hydrogens is 189 g/mol. The second-order valence-electron chi connectivity index (χ2n) is 2.59. The minimum absolute atomic E-state index is 0.705. The van der Waals surface area contributed by atoms with Gasteiger partial charge in [0.25, 0.3) is 0 Å². The van der Waals surface area contributed by atoms with Crippen molar-refractivity contribution < 1.29 is 0 Å². The van der Waals surface area contributed by atoms with Gasteiger partial charge in [-0.25, -0.2) is 0 Å². The van der Waals surface area contributed by atoms with E-state index in [1.165, 1.54) is 32.1 Å². The molecule has 0 aromatic carbocycles. The summed E-state index contributed by atoms with van der Waals surface area (Å²) in [5.74, 6) is 0. The molecule has 0 rings (SSSR count). The molecule has 1 radical (unpaired) electrons. The molecule has 0 aliphatic heterocycles. The third-order valence-corrected chi connectivity index (χ3v) is 1.94. The van der Waals surface area contributed by atoms with E-state index in [9.17, 15) is 0 Å². The van der Waals surface area contributed by atoms with Crippen molar-refractivity contribution in [2.24, 2.45) is 0 Å². The Morgan fingerprint density at radius 3 is 2.30 bits per heavy atom. The maximum absolute atomic E-state index is 7.12. The van der Waals surface area contributed by atoms with Crippen LogP contribution >= 0.6 is 0 Å². The molecule has 0 aliphatic rings. The molecule has 0 aliphatic carbocycles. The molecule has 0 atom stereocenters. The first-order valence-corrected chi connectivity index (χ1v) is 4.87. The van der Waals surface area contributed by atoms with Crippen LogP contribution < -0.4 is 0 Å². The first-order valence-electron chi connectivity index (χ1n) is 4.01. The summed E-state index contributed by atoms with van der Waals surface area (Å²) in [5, 5.41) is 7.12. The van der Waals surface area contributed by atoms with Crippen LogP contribution in [0.3, 0.4) is 0 Å². The Bertz CT molecular complexity index is 91.3. The first-order chi connectivity index (χ1) is 4.77. The van der Waals surface area contributed by atoms with Crippen molar-refractivity contribution in [3.8, 4) is 0 Å². The predicted molar refractivity (Wildman–Crippen MR) is 46.9 cm³/mol. The minimum atomic E-state index is 0.705. The normalized spacial score (nSPS) is 9.70. The molecule has 10 heavy (non-hydrogen) atoms. The number of rotatable bonds is 6. The third kappa shape index (κ3) is 8.19.